The Labute approximate surface area is 194 Å². The lowest BCUT2D eigenvalue weighted by Crippen LogP contribution is -2.44. The van der Waals surface area contributed by atoms with E-state index in [9.17, 15) is 9.90 Å². The second-order valence-electron chi connectivity index (χ2n) is 8.49. The summed E-state index contributed by atoms with van der Waals surface area (Å²) in [7, 11) is 0. The van der Waals surface area contributed by atoms with Crippen LogP contribution in [0.1, 0.15) is 55.1 Å². The maximum Gasteiger partial charge on any atom is 0.251 e. The first-order valence-corrected chi connectivity index (χ1v) is 11.3. The zero-order valence-corrected chi connectivity index (χ0v) is 19.2. The van der Waals surface area contributed by atoms with Crippen molar-refractivity contribution < 1.29 is 9.90 Å². The number of fused-ring (bicyclic) bond motifs is 1. The minimum Gasteiger partial charge on any atom is -0.494 e. The number of aromatic hydroxyl groups is 1. The Morgan fingerprint density at radius 1 is 0.909 bits per heavy atom. The molecule has 5 heteroatoms. The second-order valence-corrected chi connectivity index (χ2v) is 8.49. The Balaban J connectivity index is 1.73. The average molecular weight is 440 g/mol. The van der Waals surface area contributed by atoms with E-state index < -0.39 is 0 Å². The van der Waals surface area contributed by atoms with E-state index in [0.717, 1.165) is 29.3 Å². The topological polar surface area (TPSA) is 77.5 Å². The minimum absolute atomic E-state index is 0.0771. The molecule has 168 valence electrons. The van der Waals surface area contributed by atoms with Crippen LogP contribution in [-0.2, 0) is 0 Å². The fraction of sp³-hybridized carbons (Fsp3) is 0.214. The largest absolute Gasteiger partial charge is 0.494 e. The average Bonchev–Trinajstić information content (AvgIpc) is 3.18. The summed E-state index contributed by atoms with van der Waals surface area (Å²) in [5.41, 5.74) is 4.12. The fourth-order valence-electron chi connectivity index (χ4n) is 3.82. The number of aliphatic imine (C=N–C) groups is 1. The van der Waals surface area contributed by atoms with E-state index in [4.69, 9.17) is 4.99 Å². The first-order chi connectivity index (χ1) is 15.9. The van der Waals surface area contributed by atoms with Gasteiger partial charge >= 0.3 is 0 Å². The summed E-state index contributed by atoms with van der Waals surface area (Å²) in [6.07, 6.45) is 1.73. The number of H-pyrrole nitrogens is 1. The third-order valence-electron chi connectivity index (χ3n) is 6.32. The molecule has 0 aliphatic heterocycles. The monoisotopic (exact) mass is 439 g/mol. The SMILES string of the molecule is CCC(C)(CC)NC(=O)c1ccc(N=C(c2ccccc2)c2c(O)[nH]c3ccccc23)cc1. The van der Waals surface area contributed by atoms with Crippen molar-refractivity contribution in [2.75, 3.05) is 0 Å². The van der Waals surface area contributed by atoms with Gasteiger partial charge in [0.25, 0.3) is 5.91 Å². The van der Waals surface area contributed by atoms with Crippen LogP contribution in [0.25, 0.3) is 10.9 Å². The number of rotatable bonds is 7. The molecular weight excluding hydrogens is 410 g/mol. The summed E-state index contributed by atoms with van der Waals surface area (Å²) in [5.74, 6) is -0.0116. The molecule has 0 unspecified atom stereocenters. The smallest absolute Gasteiger partial charge is 0.251 e. The Morgan fingerprint density at radius 2 is 1.55 bits per heavy atom. The highest BCUT2D eigenvalue weighted by atomic mass is 16.3. The maximum absolute atomic E-state index is 12.7. The van der Waals surface area contributed by atoms with Crippen molar-refractivity contribution in [1.82, 2.24) is 10.3 Å². The summed E-state index contributed by atoms with van der Waals surface area (Å²) in [5, 5.41) is 14.8. The van der Waals surface area contributed by atoms with Gasteiger partial charge in [-0.1, -0.05) is 62.4 Å². The van der Waals surface area contributed by atoms with Crippen LogP contribution in [0.2, 0.25) is 0 Å². The number of carbonyl (C=O) groups is 1. The first kappa shape index (κ1) is 22.3. The Kier molecular flexibility index (Phi) is 6.31. The Morgan fingerprint density at radius 3 is 2.21 bits per heavy atom. The predicted molar refractivity (Wildman–Crippen MR) is 135 cm³/mol. The molecule has 1 heterocycles. The number of hydrogen-bond acceptors (Lipinski definition) is 3. The van der Waals surface area contributed by atoms with E-state index in [2.05, 4.69) is 31.1 Å². The maximum atomic E-state index is 12.7. The normalized spacial score (nSPS) is 12.2. The number of carbonyl (C=O) groups excluding carboxylic acids is 1. The van der Waals surface area contributed by atoms with E-state index in [0.29, 0.717) is 22.5 Å². The molecule has 3 N–H and O–H groups in total. The summed E-state index contributed by atoms with van der Waals surface area (Å²) < 4.78 is 0. The molecule has 0 saturated heterocycles. The van der Waals surface area contributed by atoms with Crippen molar-refractivity contribution >= 4 is 28.2 Å². The Bertz CT molecular complexity index is 1280. The van der Waals surface area contributed by atoms with Crippen molar-refractivity contribution in [2.24, 2.45) is 4.99 Å². The zero-order chi connectivity index (χ0) is 23.4. The van der Waals surface area contributed by atoms with Gasteiger partial charge in [-0.15, -0.1) is 0 Å². The van der Waals surface area contributed by atoms with Crippen molar-refractivity contribution in [1.29, 1.82) is 0 Å². The van der Waals surface area contributed by atoms with Crippen molar-refractivity contribution in [3.05, 3.63) is 95.6 Å². The molecule has 0 radical (unpaired) electrons. The molecule has 4 rings (SSSR count). The van der Waals surface area contributed by atoms with Gasteiger partial charge in [0.15, 0.2) is 5.88 Å². The molecular formula is C28H29N3O2. The van der Waals surface area contributed by atoms with Gasteiger partial charge in [0.2, 0.25) is 0 Å². The molecule has 33 heavy (non-hydrogen) atoms. The van der Waals surface area contributed by atoms with Gasteiger partial charge in [-0.3, -0.25) is 4.79 Å². The van der Waals surface area contributed by atoms with Crippen molar-refractivity contribution in [2.45, 2.75) is 39.2 Å². The summed E-state index contributed by atoms with van der Waals surface area (Å²) in [6.45, 7) is 6.21. The third-order valence-corrected chi connectivity index (χ3v) is 6.32. The van der Waals surface area contributed by atoms with Gasteiger partial charge < -0.3 is 15.4 Å². The van der Waals surface area contributed by atoms with E-state index in [-0.39, 0.29) is 17.3 Å². The van der Waals surface area contributed by atoms with E-state index in [1.54, 1.807) is 12.1 Å². The number of aromatic nitrogens is 1. The highest BCUT2D eigenvalue weighted by molar-refractivity contribution is 6.21. The highest BCUT2D eigenvalue weighted by Gasteiger charge is 2.22. The number of nitrogens with zero attached hydrogens (tertiary/aromatic N) is 1. The lowest BCUT2D eigenvalue weighted by atomic mass is 9.95. The molecule has 0 aliphatic carbocycles. The molecule has 0 aliphatic rings. The van der Waals surface area contributed by atoms with Crippen LogP contribution in [0.4, 0.5) is 5.69 Å². The zero-order valence-electron chi connectivity index (χ0n) is 19.2. The van der Waals surface area contributed by atoms with Gasteiger partial charge in [-0.2, -0.15) is 0 Å². The lowest BCUT2D eigenvalue weighted by molar-refractivity contribution is 0.0901. The number of amides is 1. The number of hydrogen-bond donors (Lipinski definition) is 3. The van der Waals surface area contributed by atoms with Gasteiger partial charge in [-0.25, -0.2) is 4.99 Å². The molecule has 1 amide bonds. The molecule has 0 atom stereocenters. The molecule has 5 nitrogen and oxygen atoms in total. The van der Waals surface area contributed by atoms with Crippen LogP contribution in [0.5, 0.6) is 5.88 Å². The molecule has 1 aromatic heterocycles. The van der Waals surface area contributed by atoms with Crippen LogP contribution in [0.15, 0.2) is 83.9 Å². The highest BCUT2D eigenvalue weighted by Crippen LogP contribution is 2.31. The van der Waals surface area contributed by atoms with Crippen LogP contribution < -0.4 is 5.32 Å². The first-order valence-electron chi connectivity index (χ1n) is 11.3. The lowest BCUT2D eigenvalue weighted by Gasteiger charge is -2.28. The van der Waals surface area contributed by atoms with Crippen molar-refractivity contribution in [3.63, 3.8) is 0 Å². The van der Waals surface area contributed by atoms with Crippen LogP contribution in [-0.4, -0.2) is 27.2 Å². The number of para-hydroxylation sites is 1. The van der Waals surface area contributed by atoms with Crippen molar-refractivity contribution in [3.8, 4) is 5.88 Å². The molecule has 0 bridgehead atoms. The van der Waals surface area contributed by atoms with Gasteiger partial charge in [-0.05, 0) is 50.1 Å². The van der Waals surface area contributed by atoms with Gasteiger partial charge in [0, 0.05) is 27.6 Å². The number of benzene rings is 3. The van der Waals surface area contributed by atoms with Crippen LogP contribution in [0.3, 0.4) is 0 Å². The summed E-state index contributed by atoms with van der Waals surface area (Å²) in [6, 6.07) is 24.8. The Hall–Kier alpha value is -3.86. The van der Waals surface area contributed by atoms with Crippen LogP contribution >= 0.6 is 0 Å². The fourth-order valence-corrected chi connectivity index (χ4v) is 3.82. The molecule has 0 spiro atoms. The molecule has 0 fully saturated rings. The molecule has 4 aromatic rings. The summed E-state index contributed by atoms with van der Waals surface area (Å²) >= 11 is 0. The van der Waals surface area contributed by atoms with Crippen LogP contribution in [0, 0.1) is 0 Å². The van der Waals surface area contributed by atoms with E-state index >= 15 is 0 Å². The predicted octanol–water partition coefficient (Wildman–Crippen LogP) is 6.35. The molecule has 0 saturated carbocycles. The third kappa shape index (κ3) is 4.67. The van der Waals surface area contributed by atoms with Gasteiger partial charge in [0.05, 0.1) is 17.0 Å². The number of aromatic amines is 1. The van der Waals surface area contributed by atoms with E-state index in [1.165, 1.54) is 0 Å². The second kappa shape index (κ2) is 9.33. The minimum atomic E-state index is -0.221. The molecule has 3 aromatic carbocycles. The van der Waals surface area contributed by atoms with Gasteiger partial charge in [0.1, 0.15) is 0 Å². The summed E-state index contributed by atoms with van der Waals surface area (Å²) in [4.78, 5) is 20.7. The number of nitrogens with one attached hydrogen (secondary N) is 2. The standard InChI is InChI=1S/C28H29N3O2/c1-4-28(3,5-2)31-26(32)20-15-17-21(18-16-20)29-25(19-11-7-6-8-12-19)24-22-13-9-10-14-23(22)30-27(24)33/h6-18,30,33H,4-5H2,1-3H3,(H,31,32). The quantitative estimate of drug-likeness (QED) is 0.293. The van der Waals surface area contributed by atoms with E-state index in [1.807, 2.05) is 66.7 Å².